The summed E-state index contributed by atoms with van der Waals surface area (Å²) in [6, 6.07) is 0. The van der Waals surface area contributed by atoms with Crippen LogP contribution in [0.25, 0.3) is 0 Å². The molecule has 48 valence electrons. The van der Waals surface area contributed by atoms with Gasteiger partial charge in [0, 0.05) is 0 Å². The van der Waals surface area contributed by atoms with E-state index in [4.69, 9.17) is 4.74 Å². The second-order valence-corrected chi connectivity index (χ2v) is 2.53. The first-order chi connectivity index (χ1) is 3.45. The van der Waals surface area contributed by atoms with Gasteiger partial charge in [0.1, 0.15) is 0 Å². The molecule has 2 heterocycles. The lowest BCUT2D eigenvalue weighted by molar-refractivity contribution is 0.105. The molecule has 0 amide bonds. The molecule has 0 radical (unpaired) electrons. The van der Waals surface area contributed by atoms with Crippen molar-refractivity contribution in [3.63, 3.8) is 0 Å². The highest BCUT2D eigenvalue weighted by atomic mass is 16.5. The van der Waals surface area contributed by atoms with Gasteiger partial charge in [-0.1, -0.05) is 0 Å². The van der Waals surface area contributed by atoms with Crippen LogP contribution in [0.2, 0.25) is 0 Å². The predicted molar refractivity (Wildman–Crippen MR) is 30.7 cm³/mol. The second-order valence-electron chi connectivity index (χ2n) is 2.53. The molecule has 0 aliphatic carbocycles. The number of ether oxygens (including phenoxy) is 1. The Balaban J connectivity index is 0.000000320. The molecular formula is C6H12O2. The van der Waals surface area contributed by atoms with Crippen LogP contribution in [0, 0.1) is 0 Å². The molecule has 2 heteroatoms. The molecule has 2 fully saturated rings. The summed E-state index contributed by atoms with van der Waals surface area (Å²) in [5.74, 6) is 0. The molecule has 0 aromatic rings. The summed E-state index contributed by atoms with van der Waals surface area (Å²) in [6.45, 7) is 0. The fourth-order valence-electron chi connectivity index (χ4n) is 1.58. The Morgan fingerprint density at radius 2 is 1.25 bits per heavy atom. The van der Waals surface area contributed by atoms with Crippen molar-refractivity contribution >= 4 is 0 Å². The zero-order chi connectivity index (χ0) is 4.69. The Morgan fingerprint density at radius 3 is 1.38 bits per heavy atom. The number of rotatable bonds is 0. The standard InChI is InChI=1S/C6H10O.H2O/c1-2-6-4-3-5(1)7-6;/h5-6H,1-4H2;1H2. The van der Waals surface area contributed by atoms with E-state index >= 15 is 0 Å². The van der Waals surface area contributed by atoms with Crippen LogP contribution in [0.4, 0.5) is 0 Å². The van der Waals surface area contributed by atoms with E-state index in [0.29, 0.717) is 12.2 Å². The van der Waals surface area contributed by atoms with E-state index in [1.807, 2.05) is 0 Å². The maximum absolute atomic E-state index is 5.47. The van der Waals surface area contributed by atoms with Gasteiger partial charge in [-0.3, -0.25) is 0 Å². The second kappa shape index (κ2) is 2.03. The fraction of sp³-hybridized carbons (Fsp3) is 1.00. The van der Waals surface area contributed by atoms with Gasteiger partial charge < -0.3 is 10.2 Å². The third-order valence-electron chi connectivity index (χ3n) is 2.01. The van der Waals surface area contributed by atoms with E-state index in [0.717, 1.165) is 0 Å². The Morgan fingerprint density at radius 1 is 0.875 bits per heavy atom. The van der Waals surface area contributed by atoms with Crippen LogP contribution in [0.1, 0.15) is 25.7 Å². The minimum Gasteiger partial charge on any atom is -0.412 e. The maximum Gasteiger partial charge on any atom is 0.0580 e. The van der Waals surface area contributed by atoms with E-state index in [2.05, 4.69) is 0 Å². The van der Waals surface area contributed by atoms with Crippen LogP contribution in [0.5, 0.6) is 0 Å². The lowest BCUT2D eigenvalue weighted by Gasteiger charge is -2.00. The van der Waals surface area contributed by atoms with Crippen molar-refractivity contribution in [2.75, 3.05) is 0 Å². The van der Waals surface area contributed by atoms with Crippen LogP contribution < -0.4 is 0 Å². The molecule has 2 aliphatic rings. The molecular weight excluding hydrogens is 104 g/mol. The monoisotopic (exact) mass is 116 g/mol. The predicted octanol–water partition coefficient (Wildman–Crippen LogP) is 0.503. The summed E-state index contributed by atoms with van der Waals surface area (Å²) in [6.07, 6.45) is 6.69. The zero-order valence-corrected chi connectivity index (χ0v) is 4.89. The van der Waals surface area contributed by atoms with E-state index in [-0.39, 0.29) is 5.48 Å². The summed E-state index contributed by atoms with van der Waals surface area (Å²) in [5, 5.41) is 0. The molecule has 0 atom stereocenters. The van der Waals surface area contributed by atoms with E-state index < -0.39 is 0 Å². The fourth-order valence-corrected chi connectivity index (χ4v) is 1.58. The van der Waals surface area contributed by atoms with Crippen LogP contribution in [-0.2, 0) is 4.74 Å². The van der Waals surface area contributed by atoms with Gasteiger partial charge in [0.25, 0.3) is 0 Å². The van der Waals surface area contributed by atoms with Gasteiger partial charge in [-0.25, -0.2) is 0 Å². The summed E-state index contributed by atoms with van der Waals surface area (Å²) in [5.41, 5.74) is 0. The zero-order valence-electron chi connectivity index (χ0n) is 4.89. The molecule has 2 aliphatic heterocycles. The SMILES string of the molecule is C1CC2CCC1O2.O. The summed E-state index contributed by atoms with van der Waals surface area (Å²) in [4.78, 5) is 0. The molecule has 2 saturated heterocycles. The highest BCUT2D eigenvalue weighted by Crippen LogP contribution is 2.33. The molecule has 2 bridgehead atoms. The molecule has 2 N–H and O–H groups in total. The van der Waals surface area contributed by atoms with Crippen LogP contribution in [-0.4, -0.2) is 17.7 Å². The van der Waals surface area contributed by atoms with Gasteiger partial charge in [0.15, 0.2) is 0 Å². The summed E-state index contributed by atoms with van der Waals surface area (Å²) < 4.78 is 5.47. The smallest absolute Gasteiger partial charge is 0.0580 e. The van der Waals surface area contributed by atoms with E-state index in [1.165, 1.54) is 25.7 Å². The average Bonchev–Trinajstić information content (AvgIpc) is 2.22. The highest BCUT2D eigenvalue weighted by molar-refractivity contribution is 4.81. The molecule has 0 aromatic heterocycles. The molecule has 0 unspecified atom stereocenters. The summed E-state index contributed by atoms with van der Waals surface area (Å²) >= 11 is 0. The highest BCUT2D eigenvalue weighted by Gasteiger charge is 2.31. The first kappa shape index (κ1) is 6.05. The number of fused-ring (bicyclic) bond motifs is 2. The van der Waals surface area contributed by atoms with E-state index in [1.54, 1.807) is 0 Å². The number of hydrogen-bond acceptors (Lipinski definition) is 1. The topological polar surface area (TPSA) is 40.7 Å². The molecule has 0 aromatic carbocycles. The van der Waals surface area contributed by atoms with Crippen molar-refractivity contribution in [2.24, 2.45) is 0 Å². The Labute approximate surface area is 49.1 Å². The van der Waals surface area contributed by atoms with Gasteiger partial charge >= 0.3 is 0 Å². The summed E-state index contributed by atoms with van der Waals surface area (Å²) in [7, 11) is 0. The first-order valence-corrected chi connectivity index (χ1v) is 3.10. The van der Waals surface area contributed by atoms with Crippen molar-refractivity contribution in [2.45, 2.75) is 37.9 Å². The van der Waals surface area contributed by atoms with Crippen LogP contribution >= 0.6 is 0 Å². The Bertz CT molecular complexity index is 64.6. The Hall–Kier alpha value is -0.0800. The quantitative estimate of drug-likeness (QED) is 0.454. The molecule has 0 saturated carbocycles. The minimum atomic E-state index is 0. The third kappa shape index (κ3) is 0.740. The maximum atomic E-state index is 5.47. The third-order valence-corrected chi connectivity index (χ3v) is 2.01. The van der Waals surface area contributed by atoms with Gasteiger partial charge in [0.2, 0.25) is 0 Å². The van der Waals surface area contributed by atoms with Gasteiger partial charge in [-0.05, 0) is 25.7 Å². The lowest BCUT2D eigenvalue weighted by Crippen LogP contribution is -1.98. The van der Waals surface area contributed by atoms with Crippen molar-refractivity contribution in [1.29, 1.82) is 0 Å². The van der Waals surface area contributed by atoms with Crippen LogP contribution in [0.3, 0.4) is 0 Å². The molecule has 2 nitrogen and oxygen atoms in total. The first-order valence-electron chi connectivity index (χ1n) is 3.10. The van der Waals surface area contributed by atoms with Crippen molar-refractivity contribution < 1.29 is 10.2 Å². The van der Waals surface area contributed by atoms with Gasteiger partial charge in [-0.2, -0.15) is 0 Å². The van der Waals surface area contributed by atoms with Crippen molar-refractivity contribution in [1.82, 2.24) is 0 Å². The average molecular weight is 116 g/mol. The normalized spacial score (nSPS) is 42.0. The lowest BCUT2D eigenvalue weighted by atomic mass is 10.0. The molecule has 0 spiro atoms. The number of hydrogen-bond donors (Lipinski definition) is 0. The van der Waals surface area contributed by atoms with Crippen LogP contribution in [0.15, 0.2) is 0 Å². The largest absolute Gasteiger partial charge is 0.412 e. The van der Waals surface area contributed by atoms with Crippen molar-refractivity contribution in [3.8, 4) is 0 Å². The van der Waals surface area contributed by atoms with Crippen molar-refractivity contribution in [3.05, 3.63) is 0 Å². The van der Waals surface area contributed by atoms with Gasteiger partial charge in [-0.15, -0.1) is 0 Å². The Kier molecular flexibility index (Phi) is 1.54. The minimum absolute atomic E-state index is 0. The van der Waals surface area contributed by atoms with Gasteiger partial charge in [0.05, 0.1) is 12.2 Å². The molecule has 8 heavy (non-hydrogen) atoms. The molecule has 2 rings (SSSR count). The van der Waals surface area contributed by atoms with E-state index in [9.17, 15) is 0 Å².